The normalized spacial score (nSPS) is 20.1. The molecule has 1 fully saturated rings. The lowest BCUT2D eigenvalue weighted by molar-refractivity contribution is -0.383. The average Bonchev–Trinajstić information content (AvgIpc) is 2.77. The lowest BCUT2D eigenvalue weighted by Gasteiger charge is -2.38. The Balaban J connectivity index is 1.69. The zero-order valence-corrected chi connectivity index (χ0v) is 19.5. The third kappa shape index (κ3) is 6.32. The Labute approximate surface area is 198 Å². The number of ether oxygens (including phenoxy) is 2. The van der Waals surface area contributed by atoms with Crippen LogP contribution in [0.5, 0.6) is 11.5 Å². The maximum atomic E-state index is 12.6. The summed E-state index contributed by atoms with van der Waals surface area (Å²) < 4.78 is 11.6. The number of nitrogens with zero attached hydrogens (tertiary/aromatic N) is 1. The monoisotopic (exact) mass is 470 g/mol. The van der Waals surface area contributed by atoms with E-state index in [9.17, 15) is 19.7 Å². The number of nitro groups is 1. The van der Waals surface area contributed by atoms with Crippen LogP contribution in [-0.4, -0.2) is 34.6 Å². The van der Waals surface area contributed by atoms with E-state index >= 15 is 0 Å². The van der Waals surface area contributed by atoms with E-state index in [1.807, 2.05) is 0 Å². The molecule has 0 radical (unpaired) electrons. The Hall–Kier alpha value is -3.46. The van der Waals surface area contributed by atoms with Gasteiger partial charge in [-0.05, 0) is 54.5 Å². The Morgan fingerprint density at radius 3 is 2.44 bits per heavy atom. The molecule has 0 saturated heterocycles. The number of carbonyl (C=O) groups is 2. The summed E-state index contributed by atoms with van der Waals surface area (Å²) >= 11 is 0. The molecule has 2 N–H and O–H groups in total. The topological polar surface area (TPSA) is 128 Å². The van der Waals surface area contributed by atoms with Crippen molar-refractivity contribution in [3.63, 3.8) is 0 Å². The predicted molar refractivity (Wildman–Crippen MR) is 126 cm³/mol. The summed E-state index contributed by atoms with van der Waals surface area (Å²) in [5.41, 5.74) is -0.167. The molecule has 9 nitrogen and oxygen atoms in total. The Morgan fingerprint density at radius 1 is 1.15 bits per heavy atom. The molecule has 9 heteroatoms. The molecule has 1 amide bonds. The first kappa shape index (κ1) is 25.2. The van der Waals surface area contributed by atoms with Crippen LogP contribution in [0.15, 0.2) is 42.5 Å². The lowest BCUT2D eigenvalue weighted by Crippen LogP contribution is -2.38. The van der Waals surface area contributed by atoms with Crippen molar-refractivity contribution in [1.29, 1.82) is 0 Å². The van der Waals surface area contributed by atoms with Crippen molar-refractivity contribution in [3.8, 4) is 11.5 Å². The number of nitro benzene ring substituents is 1. The molecule has 182 valence electrons. The van der Waals surface area contributed by atoms with Gasteiger partial charge in [0.2, 0.25) is 0 Å². The van der Waals surface area contributed by atoms with Gasteiger partial charge in [0.1, 0.15) is 23.8 Å². The molecule has 2 aromatic rings. The number of nitrogens with one attached hydrogen (secondary N) is 1. The van der Waals surface area contributed by atoms with Gasteiger partial charge >= 0.3 is 5.97 Å². The molecule has 3 unspecified atom stereocenters. The van der Waals surface area contributed by atoms with E-state index < -0.39 is 16.8 Å². The van der Waals surface area contributed by atoms with E-state index in [1.165, 1.54) is 42.5 Å². The van der Waals surface area contributed by atoms with Crippen LogP contribution >= 0.6 is 0 Å². The maximum Gasteiger partial charge on any atom is 0.335 e. The zero-order chi connectivity index (χ0) is 24.8. The highest BCUT2D eigenvalue weighted by Gasteiger charge is 2.34. The number of aromatic carboxylic acids is 1. The third-order valence-electron chi connectivity index (χ3n) is 6.21. The first-order valence-corrected chi connectivity index (χ1v) is 11.4. The third-order valence-corrected chi connectivity index (χ3v) is 6.21. The number of hydrogen-bond acceptors (Lipinski definition) is 6. The van der Waals surface area contributed by atoms with Crippen molar-refractivity contribution in [1.82, 2.24) is 0 Å². The van der Waals surface area contributed by atoms with Crippen LogP contribution < -0.4 is 10.1 Å². The second-order valence-electron chi connectivity index (χ2n) is 8.99. The van der Waals surface area contributed by atoms with E-state index in [1.54, 1.807) is 0 Å². The minimum absolute atomic E-state index is 0.00400. The molecule has 0 spiro atoms. The Bertz CT molecular complexity index is 1040. The summed E-state index contributed by atoms with van der Waals surface area (Å²) in [6.45, 7) is 6.34. The molecule has 1 aliphatic carbocycles. The highest BCUT2D eigenvalue weighted by Crippen LogP contribution is 2.37. The van der Waals surface area contributed by atoms with Gasteiger partial charge in [-0.3, -0.25) is 14.9 Å². The van der Waals surface area contributed by atoms with E-state index in [0.717, 1.165) is 19.3 Å². The van der Waals surface area contributed by atoms with Gasteiger partial charge in [0, 0.05) is 12.1 Å². The van der Waals surface area contributed by atoms with Crippen LogP contribution in [0, 0.1) is 27.9 Å². The number of anilines is 1. The van der Waals surface area contributed by atoms with Gasteiger partial charge in [0.05, 0.1) is 16.6 Å². The highest BCUT2D eigenvalue weighted by atomic mass is 16.6. The van der Waals surface area contributed by atoms with E-state index in [2.05, 4.69) is 26.1 Å². The number of carboxylic acid groups (broad SMARTS) is 1. The molecule has 0 bridgehead atoms. The number of amides is 1. The van der Waals surface area contributed by atoms with Gasteiger partial charge < -0.3 is 19.9 Å². The van der Waals surface area contributed by atoms with Crippen LogP contribution in [0.2, 0.25) is 0 Å². The fourth-order valence-electron chi connectivity index (χ4n) is 4.68. The van der Waals surface area contributed by atoms with Crippen LogP contribution in [0.1, 0.15) is 50.4 Å². The van der Waals surface area contributed by atoms with Crippen molar-refractivity contribution in [2.75, 3.05) is 11.9 Å². The number of rotatable bonds is 9. The van der Waals surface area contributed by atoms with Gasteiger partial charge in [-0.1, -0.05) is 33.6 Å². The van der Waals surface area contributed by atoms with Gasteiger partial charge in [-0.15, -0.1) is 0 Å². The van der Waals surface area contributed by atoms with Crippen molar-refractivity contribution in [2.45, 2.75) is 46.1 Å². The van der Waals surface area contributed by atoms with Crippen molar-refractivity contribution < 1.29 is 29.1 Å². The summed E-state index contributed by atoms with van der Waals surface area (Å²) in [4.78, 5) is 34.5. The second-order valence-corrected chi connectivity index (χ2v) is 8.99. The van der Waals surface area contributed by atoms with Crippen LogP contribution in [0.25, 0.3) is 0 Å². The molecule has 0 heterocycles. The molecule has 3 atom stereocenters. The van der Waals surface area contributed by atoms with Crippen LogP contribution in [0.4, 0.5) is 11.4 Å². The summed E-state index contributed by atoms with van der Waals surface area (Å²) in [5, 5.41) is 23.0. The number of carbonyl (C=O) groups excluding carboxylic acids is 1. The van der Waals surface area contributed by atoms with Gasteiger partial charge in [0.25, 0.3) is 11.6 Å². The van der Waals surface area contributed by atoms with Crippen LogP contribution in [-0.2, 0) is 9.53 Å². The SMILES string of the molecule is CC(C)C1C(C)CCCC1OCC(=O)Nc1cc(Oc2ccc(C(=O)O)cc2)ccc1[N+](=O)[O-]. The van der Waals surface area contributed by atoms with Crippen molar-refractivity contribution in [2.24, 2.45) is 17.8 Å². The number of carboxylic acids is 1. The second kappa shape index (κ2) is 11.1. The minimum atomic E-state index is -1.06. The molecule has 1 saturated carbocycles. The van der Waals surface area contributed by atoms with Gasteiger partial charge in [-0.25, -0.2) is 4.79 Å². The highest BCUT2D eigenvalue weighted by molar-refractivity contribution is 5.94. The summed E-state index contributed by atoms with van der Waals surface area (Å²) in [6, 6.07) is 9.75. The van der Waals surface area contributed by atoms with Gasteiger partial charge in [0.15, 0.2) is 0 Å². The Morgan fingerprint density at radius 2 is 1.82 bits per heavy atom. The first-order valence-electron chi connectivity index (χ1n) is 11.4. The number of hydrogen-bond donors (Lipinski definition) is 2. The summed E-state index contributed by atoms with van der Waals surface area (Å²) in [6.07, 6.45) is 3.07. The van der Waals surface area contributed by atoms with E-state index in [-0.39, 0.29) is 35.4 Å². The quantitative estimate of drug-likeness (QED) is 0.366. The molecule has 2 aromatic carbocycles. The minimum Gasteiger partial charge on any atom is -0.478 e. The summed E-state index contributed by atoms with van der Waals surface area (Å²) in [7, 11) is 0. The average molecular weight is 471 g/mol. The van der Waals surface area contributed by atoms with Gasteiger partial charge in [-0.2, -0.15) is 0 Å². The van der Waals surface area contributed by atoms with Crippen molar-refractivity contribution in [3.05, 3.63) is 58.1 Å². The smallest absolute Gasteiger partial charge is 0.335 e. The molecular formula is C25H30N2O7. The number of benzene rings is 2. The predicted octanol–water partition coefficient (Wildman–Crippen LogP) is 5.50. The molecule has 0 aromatic heterocycles. The Kier molecular flexibility index (Phi) is 8.22. The van der Waals surface area contributed by atoms with Crippen molar-refractivity contribution >= 4 is 23.3 Å². The lowest BCUT2D eigenvalue weighted by atomic mass is 9.72. The molecule has 3 rings (SSSR count). The maximum absolute atomic E-state index is 12.6. The fourth-order valence-corrected chi connectivity index (χ4v) is 4.68. The largest absolute Gasteiger partial charge is 0.478 e. The zero-order valence-electron chi connectivity index (χ0n) is 19.5. The molecule has 34 heavy (non-hydrogen) atoms. The van der Waals surface area contributed by atoms with E-state index in [0.29, 0.717) is 23.5 Å². The first-order chi connectivity index (χ1) is 16.2. The van der Waals surface area contributed by atoms with Crippen LogP contribution in [0.3, 0.4) is 0 Å². The van der Waals surface area contributed by atoms with E-state index in [4.69, 9.17) is 14.6 Å². The molecule has 0 aliphatic heterocycles. The molecule has 1 aliphatic rings. The molecular weight excluding hydrogens is 440 g/mol. The summed E-state index contributed by atoms with van der Waals surface area (Å²) in [5.74, 6) is 0.379. The fraction of sp³-hybridized carbons (Fsp3) is 0.440. The standard InChI is InChI=1S/C25H30N2O7/c1-15(2)24-16(3)5-4-6-22(24)33-14-23(28)26-20-13-19(11-12-21(20)27(31)32)34-18-9-7-17(8-10-18)25(29)30/h7-13,15-16,22,24H,4-6,14H2,1-3H3,(H,26,28)(H,29,30).